The number of hydrogen-bond acceptors (Lipinski definition) is 5. The number of likely N-dealkylation sites (tertiary alicyclic amines) is 1. The maximum atomic E-state index is 11.1. The van der Waals surface area contributed by atoms with Crippen LogP contribution in [0.5, 0.6) is 0 Å². The van der Waals surface area contributed by atoms with Crippen molar-refractivity contribution >= 4 is 28.8 Å². The van der Waals surface area contributed by atoms with Gasteiger partial charge in [0, 0.05) is 18.0 Å². The quantitative estimate of drug-likeness (QED) is 0.931. The maximum Gasteiger partial charge on any atom is 0.288 e. The van der Waals surface area contributed by atoms with Gasteiger partial charge in [-0.15, -0.1) is 16.4 Å². The molecule has 1 amide bonds. The van der Waals surface area contributed by atoms with Gasteiger partial charge in [0.1, 0.15) is 6.33 Å². The van der Waals surface area contributed by atoms with E-state index < -0.39 is 5.91 Å². The zero-order valence-electron chi connectivity index (χ0n) is 11.4. The van der Waals surface area contributed by atoms with Crippen molar-refractivity contribution in [3.05, 3.63) is 33.5 Å². The van der Waals surface area contributed by atoms with E-state index in [2.05, 4.69) is 15.0 Å². The predicted octanol–water partition coefficient (Wildman–Crippen LogP) is 1.93. The fourth-order valence-electron chi connectivity index (χ4n) is 2.60. The smallest absolute Gasteiger partial charge is 0.288 e. The molecule has 0 spiro atoms. The summed E-state index contributed by atoms with van der Waals surface area (Å²) in [7, 11) is 0. The Bertz CT molecular complexity index is 640. The summed E-state index contributed by atoms with van der Waals surface area (Å²) in [6.45, 7) is 2.77. The number of carbonyl (C=O) groups is 1. The Hall–Kier alpha value is -1.44. The number of nitrogens with zero attached hydrogens (tertiary/aromatic N) is 4. The van der Waals surface area contributed by atoms with Crippen molar-refractivity contribution in [2.45, 2.75) is 25.4 Å². The fraction of sp³-hybridized carbons (Fsp3) is 0.462. The molecule has 3 heterocycles. The van der Waals surface area contributed by atoms with Gasteiger partial charge in [0.05, 0.1) is 11.1 Å². The Balaban J connectivity index is 1.67. The Morgan fingerprint density at radius 3 is 3.10 bits per heavy atom. The van der Waals surface area contributed by atoms with Crippen LogP contribution in [0.1, 0.15) is 34.4 Å². The Labute approximate surface area is 131 Å². The lowest BCUT2D eigenvalue weighted by Gasteiger charge is -2.32. The van der Waals surface area contributed by atoms with E-state index in [0.29, 0.717) is 0 Å². The lowest BCUT2D eigenvalue weighted by atomic mass is 10.1. The van der Waals surface area contributed by atoms with Crippen molar-refractivity contribution in [2.24, 2.45) is 5.73 Å². The molecular weight excluding hydrogens is 310 g/mol. The molecule has 1 fully saturated rings. The standard InChI is InChI=1S/C13H16ClN5OS/c14-10-3-5-21-11(10)7-18-4-1-2-9(6-18)19-8-16-13(17-19)12(15)20/h3,5,8-9H,1-2,4,6-7H2,(H2,15,20). The minimum atomic E-state index is -0.591. The number of piperidine rings is 1. The van der Waals surface area contributed by atoms with Gasteiger partial charge in [-0.1, -0.05) is 11.6 Å². The molecule has 1 unspecified atom stereocenters. The summed E-state index contributed by atoms with van der Waals surface area (Å²) in [5.74, 6) is -0.514. The van der Waals surface area contributed by atoms with Crippen LogP contribution in [-0.4, -0.2) is 38.7 Å². The first-order chi connectivity index (χ1) is 10.1. The minimum Gasteiger partial charge on any atom is -0.363 e. The van der Waals surface area contributed by atoms with Crippen LogP contribution in [0.3, 0.4) is 0 Å². The molecular formula is C13H16ClN5OS. The second kappa shape index (κ2) is 6.13. The minimum absolute atomic E-state index is 0.0772. The highest BCUT2D eigenvalue weighted by Crippen LogP contribution is 2.27. The van der Waals surface area contributed by atoms with Gasteiger partial charge < -0.3 is 5.73 Å². The normalized spacial score (nSPS) is 19.8. The van der Waals surface area contributed by atoms with Crippen molar-refractivity contribution in [2.75, 3.05) is 13.1 Å². The third kappa shape index (κ3) is 3.25. The number of aromatic nitrogens is 3. The summed E-state index contributed by atoms with van der Waals surface area (Å²) in [5.41, 5.74) is 5.19. The van der Waals surface area contributed by atoms with Crippen molar-refractivity contribution in [3.8, 4) is 0 Å². The lowest BCUT2D eigenvalue weighted by molar-refractivity contribution is 0.0989. The number of hydrogen-bond donors (Lipinski definition) is 1. The Morgan fingerprint density at radius 2 is 2.43 bits per heavy atom. The number of nitrogens with two attached hydrogens (primary N) is 1. The first kappa shape index (κ1) is 14.5. The molecule has 1 aliphatic rings. The monoisotopic (exact) mass is 325 g/mol. The highest BCUT2D eigenvalue weighted by molar-refractivity contribution is 7.10. The topological polar surface area (TPSA) is 77.0 Å². The van der Waals surface area contributed by atoms with Crippen LogP contribution in [-0.2, 0) is 6.54 Å². The van der Waals surface area contributed by atoms with E-state index in [0.717, 1.165) is 37.5 Å². The second-order valence-corrected chi connectivity index (χ2v) is 6.54. The van der Waals surface area contributed by atoms with Crippen molar-refractivity contribution in [3.63, 3.8) is 0 Å². The van der Waals surface area contributed by atoms with Gasteiger partial charge in [-0.3, -0.25) is 9.69 Å². The van der Waals surface area contributed by atoms with Gasteiger partial charge in [-0.2, -0.15) is 0 Å². The van der Waals surface area contributed by atoms with E-state index in [-0.39, 0.29) is 11.9 Å². The number of rotatable bonds is 4. The molecule has 0 aromatic carbocycles. The summed E-state index contributed by atoms with van der Waals surface area (Å²) >= 11 is 7.83. The Morgan fingerprint density at radius 1 is 1.57 bits per heavy atom. The molecule has 21 heavy (non-hydrogen) atoms. The number of halogens is 1. The van der Waals surface area contributed by atoms with Crippen LogP contribution in [0, 0.1) is 0 Å². The number of carbonyl (C=O) groups excluding carboxylic acids is 1. The maximum absolute atomic E-state index is 11.1. The van der Waals surface area contributed by atoms with Crippen LogP contribution < -0.4 is 5.73 Å². The third-order valence-electron chi connectivity index (χ3n) is 3.64. The van der Waals surface area contributed by atoms with Crippen molar-refractivity contribution < 1.29 is 4.79 Å². The van der Waals surface area contributed by atoms with Gasteiger partial charge in [0.25, 0.3) is 5.91 Å². The van der Waals surface area contributed by atoms with E-state index in [9.17, 15) is 4.79 Å². The number of amides is 1. The molecule has 1 atom stereocenters. The van der Waals surface area contributed by atoms with E-state index in [1.54, 1.807) is 22.3 Å². The zero-order valence-corrected chi connectivity index (χ0v) is 13.0. The molecule has 0 radical (unpaired) electrons. The molecule has 3 rings (SSSR count). The first-order valence-corrected chi connectivity index (χ1v) is 8.04. The number of primary amides is 1. The molecule has 0 bridgehead atoms. The molecule has 1 aliphatic heterocycles. The number of thiophene rings is 1. The molecule has 0 aliphatic carbocycles. The van der Waals surface area contributed by atoms with Crippen LogP contribution in [0.15, 0.2) is 17.8 Å². The second-order valence-electron chi connectivity index (χ2n) is 5.14. The van der Waals surface area contributed by atoms with Gasteiger partial charge in [0.2, 0.25) is 5.82 Å². The predicted molar refractivity (Wildman–Crippen MR) is 81.4 cm³/mol. The average Bonchev–Trinajstić information content (AvgIpc) is 3.09. The summed E-state index contributed by atoms with van der Waals surface area (Å²) in [6, 6.07) is 2.15. The van der Waals surface area contributed by atoms with E-state index in [4.69, 9.17) is 17.3 Å². The highest BCUT2D eigenvalue weighted by Gasteiger charge is 2.23. The lowest BCUT2D eigenvalue weighted by Crippen LogP contribution is -2.36. The third-order valence-corrected chi connectivity index (χ3v) is 5.01. The van der Waals surface area contributed by atoms with Crippen molar-refractivity contribution in [1.82, 2.24) is 19.7 Å². The van der Waals surface area contributed by atoms with Gasteiger partial charge >= 0.3 is 0 Å². The summed E-state index contributed by atoms with van der Waals surface area (Å²) < 4.78 is 1.75. The van der Waals surface area contributed by atoms with E-state index in [1.807, 2.05) is 11.4 Å². The van der Waals surface area contributed by atoms with E-state index >= 15 is 0 Å². The van der Waals surface area contributed by atoms with Gasteiger partial charge in [-0.25, -0.2) is 9.67 Å². The summed E-state index contributed by atoms with van der Waals surface area (Å²) in [5, 5.41) is 7.01. The molecule has 2 N–H and O–H groups in total. The highest BCUT2D eigenvalue weighted by atomic mass is 35.5. The van der Waals surface area contributed by atoms with Gasteiger partial charge in [0.15, 0.2) is 0 Å². The first-order valence-electron chi connectivity index (χ1n) is 6.78. The summed E-state index contributed by atoms with van der Waals surface area (Å²) in [6.07, 6.45) is 3.70. The SMILES string of the molecule is NC(=O)c1ncn(C2CCCN(Cc3sccc3Cl)C2)n1. The molecule has 6 nitrogen and oxygen atoms in total. The molecule has 112 valence electrons. The van der Waals surface area contributed by atoms with Crippen LogP contribution in [0.4, 0.5) is 0 Å². The van der Waals surface area contributed by atoms with E-state index in [1.165, 1.54) is 4.88 Å². The molecule has 8 heteroatoms. The molecule has 0 saturated carbocycles. The molecule has 2 aromatic heterocycles. The largest absolute Gasteiger partial charge is 0.363 e. The van der Waals surface area contributed by atoms with Crippen LogP contribution in [0.25, 0.3) is 0 Å². The van der Waals surface area contributed by atoms with Crippen LogP contribution in [0.2, 0.25) is 5.02 Å². The summed E-state index contributed by atoms with van der Waals surface area (Å²) in [4.78, 5) is 18.6. The molecule has 1 saturated heterocycles. The Kier molecular flexibility index (Phi) is 4.23. The zero-order chi connectivity index (χ0) is 14.8. The van der Waals surface area contributed by atoms with Crippen molar-refractivity contribution in [1.29, 1.82) is 0 Å². The average molecular weight is 326 g/mol. The molecule has 2 aromatic rings. The fourth-order valence-corrected chi connectivity index (χ4v) is 3.73. The van der Waals surface area contributed by atoms with Crippen LogP contribution >= 0.6 is 22.9 Å². The van der Waals surface area contributed by atoms with Gasteiger partial charge in [-0.05, 0) is 30.8 Å².